The Labute approximate surface area is 183 Å². The van der Waals surface area contributed by atoms with Crippen molar-refractivity contribution in [3.8, 4) is 11.3 Å². The van der Waals surface area contributed by atoms with E-state index in [-0.39, 0.29) is 12.2 Å². The van der Waals surface area contributed by atoms with Gasteiger partial charge < -0.3 is 14.5 Å². The summed E-state index contributed by atoms with van der Waals surface area (Å²) < 4.78 is 23.7. The first-order valence-corrected chi connectivity index (χ1v) is 9.74. The Kier molecular flexibility index (Phi) is 5.59. The third kappa shape index (κ3) is 4.02. The molecular weight excluding hydrogens is 415 g/mol. The van der Waals surface area contributed by atoms with Gasteiger partial charge in [0.15, 0.2) is 0 Å². The van der Waals surface area contributed by atoms with E-state index in [9.17, 15) is 18.8 Å². The standard InChI is InChI=1S/C24H19FN2O5/c1-14-18(4-3-5-19(14)23(29)31-2)21-11-10-17(32-21)12-20-22(28)27(24(30)26-20)13-15-6-8-16(25)9-7-15/h3-12H,13H2,1-2H3,(H,26,30)/b20-12+. The summed E-state index contributed by atoms with van der Waals surface area (Å²) >= 11 is 0. The molecule has 3 amide bonds. The van der Waals surface area contributed by atoms with Crippen molar-refractivity contribution in [3.05, 3.63) is 88.6 Å². The molecule has 1 N–H and O–H groups in total. The highest BCUT2D eigenvalue weighted by atomic mass is 19.1. The molecule has 0 bridgehead atoms. The van der Waals surface area contributed by atoms with E-state index in [1.165, 1.54) is 37.5 Å². The smallest absolute Gasteiger partial charge is 0.338 e. The summed E-state index contributed by atoms with van der Waals surface area (Å²) in [6, 6.07) is 13.6. The number of hydrogen-bond donors (Lipinski definition) is 1. The predicted molar refractivity (Wildman–Crippen MR) is 114 cm³/mol. The largest absolute Gasteiger partial charge is 0.465 e. The Morgan fingerprint density at radius 3 is 2.59 bits per heavy atom. The molecule has 0 atom stereocenters. The maximum atomic E-state index is 13.1. The van der Waals surface area contributed by atoms with Gasteiger partial charge in [0.2, 0.25) is 0 Å². The Bertz CT molecular complexity index is 1240. The molecule has 0 spiro atoms. The Morgan fingerprint density at radius 2 is 1.88 bits per heavy atom. The molecule has 0 radical (unpaired) electrons. The number of furan rings is 1. The Morgan fingerprint density at radius 1 is 1.12 bits per heavy atom. The van der Waals surface area contributed by atoms with Gasteiger partial charge in [-0.2, -0.15) is 0 Å². The number of hydrogen-bond acceptors (Lipinski definition) is 5. The number of nitrogens with zero attached hydrogens (tertiary/aromatic N) is 1. The number of benzene rings is 2. The van der Waals surface area contributed by atoms with Crippen LogP contribution >= 0.6 is 0 Å². The first-order chi connectivity index (χ1) is 15.4. The monoisotopic (exact) mass is 434 g/mol. The van der Waals surface area contributed by atoms with Crippen LogP contribution in [0.25, 0.3) is 17.4 Å². The van der Waals surface area contributed by atoms with Crippen molar-refractivity contribution in [1.29, 1.82) is 0 Å². The summed E-state index contributed by atoms with van der Waals surface area (Å²) in [5.41, 5.74) is 2.52. The van der Waals surface area contributed by atoms with Crippen LogP contribution in [-0.4, -0.2) is 29.9 Å². The molecule has 1 saturated heterocycles. The highest BCUT2D eigenvalue weighted by Crippen LogP contribution is 2.29. The van der Waals surface area contributed by atoms with Crippen molar-refractivity contribution in [2.24, 2.45) is 0 Å². The average Bonchev–Trinajstić information content (AvgIpc) is 3.35. The summed E-state index contributed by atoms with van der Waals surface area (Å²) in [5, 5.41) is 2.53. The number of imide groups is 1. The topological polar surface area (TPSA) is 88.9 Å². The SMILES string of the molecule is COC(=O)c1cccc(-c2ccc(/C=C3/NC(=O)N(Cc4ccc(F)cc4)C3=O)o2)c1C. The minimum atomic E-state index is -0.570. The van der Waals surface area contributed by atoms with Gasteiger partial charge in [-0.3, -0.25) is 9.69 Å². The number of halogens is 1. The van der Waals surface area contributed by atoms with Crippen LogP contribution < -0.4 is 5.32 Å². The van der Waals surface area contributed by atoms with Crippen LogP contribution in [0.5, 0.6) is 0 Å². The van der Waals surface area contributed by atoms with E-state index in [0.717, 1.165) is 4.90 Å². The van der Waals surface area contributed by atoms with E-state index in [0.29, 0.717) is 33.8 Å². The van der Waals surface area contributed by atoms with Crippen LogP contribution in [-0.2, 0) is 16.1 Å². The van der Waals surface area contributed by atoms with Crippen LogP contribution in [0.2, 0.25) is 0 Å². The molecule has 0 unspecified atom stereocenters. The van der Waals surface area contributed by atoms with E-state index < -0.39 is 23.7 Å². The fourth-order valence-corrected chi connectivity index (χ4v) is 3.44. The first kappa shape index (κ1) is 21.0. The summed E-state index contributed by atoms with van der Waals surface area (Å²) in [5.74, 6) is -0.498. The lowest BCUT2D eigenvalue weighted by atomic mass is 10.0. The van der Waals surface area contributed by atoms with E-state index in [1.54, 1.807) is 31.2 Å². The van der Waals surface area contributed by atoms with Crippen LogP contribution in [0.1, 0.15) is 27.2 Å². The van der Waals surface area contributed by atoms with Gasteiger partial charge in [-0.15, -0.1) is 0 Å². The summed E-state index contributed by atoms with van der Waals surface area (Å²) in [6.45, 7) is 1.81. The van der Waals surface area contributed by atoms with E-state index in [2.05, 4.69) is 5.32 Å². The maximum Gasteiger partial charge on any atom is 0.338 e. The third-order valence-corrected chi connectivity index (χ3v) is 5.13. The van der Waals surface area contributed by atoms with Crippen LogP contribution in [0.4, 0.5) is 9.18 Å². The lowest BCUT2D eigenvalue weighted by Crippen LogP contribution is -2.30. The lowest BCUT2D eigenvalue weighted by molar-refractivity contribution is -0.123. The molecule has 4 rings (SSSR count). The second-order valence-corrected chi connectivity index (χ2v) is 7.18. The first-order valence-electron chi connectivity index (χ1n) is 9.74. The maximum absolute atomic E-state index is 13.1. The number of rotatable bonds is 5. The molecule has 7 nitrogen and oxygen atoms in total. The number of methoxy groups -OCH3 is 1. The fourth-order valence-electron chi connectivity index (χ4n) is 3.44. The Hall–Kier alpha value is -4.20. The molecule has 1 fully saturated rings. The number of carbonyl (C=O) groups is 3. The molecule has 1 aliphatic rings. The number of amides is 3. The van der Waals surface area contributed by atoms with Crippen LogP contribution in [0.3, 0.4) is 0 Å². The van der Waals surface area contributed by atoms with Crippen LogP contribution in [0, 0.1) is 12.7 Å². The minimum absolute atomic E-state index is 0.0191. The third-order valence-electron chi connectivity index (χ3n) is 5.13. The number of carbonyl (C=O) groups excluding carboxylic acids is 3. The van der Waals surface area contributed by atoms with Gasteiger partial charge in [0.1, 0.15) is 23.0 Å². The fraction of sp³-hybridized carbons (Fsp3) is 0.125. The van der Waals surface area contributed by atoms with Crippen molar-refractivity contribution in [3.63, 3.8) is 0 Å². The molecule has 32 heavy (non-hydrogen) atoms. The van der Waals surface area contributed by atoms with E-state index in [1.807, 2.05) is 6.07 Å². The summed E-state index contributed by atoms with van der Waals surface area (Å²) in [4.78, 5) is 37.9. The molecule has 3 aromatic rings. The molecule has 162 valence electrons. The van der Waals surface area contributed by atoms with Crippen LogP contribution in [0.15, 0.2) is 64.7 Å². The zero-order valence-electron chi connectivity index (χ0n) is 17.3. The highest BCUT2D eigenvalue weighted by molar-refractivity contribution is 6.13. The normalized spacial score (nSPS) is 14.7. The van der Waals surface area contributed by atoms with Gasteiger partial charge in [-0.1, -0.05) is 24.3 Å². The predicted octanol–water partition coefficient (Wildman–Crippen LogP) is 4.27. The van der Waals surface area contributed by atoms with Gasteiger partial charge >= 0.3 is 12.0 Å². The van der Waals surface area contributed by atoms with Gasteiger partial charge in [0.25, 0.3) is 5.91 Å². The number of nitrogens with one attached hydrogen (secondary N) is 1. The second-order valence-electron chi connectivity index (χ2n) is 7.18. The molecule has 8 heteroatoms. The molecule has 2 aromatic carbocycles. The molecule has 0 saturated carbocycles. The molecule has 1 aliphatic heterocycles. The molecule has 2 heterocycles. The van der Waals surface area contributed by atoms with Crippen molar-refractivity contribution in [1.82, 2.24) is 10.2 Å². The quantitative estimate of drug-likeness (QED) is 0.368. The molecule has 1 aromatic heterocycles. The van der Waals surface area contributed by atoms with Gasteiger partial charge in [-0.05, 0) is 48.4 Å². The van der Waals surface area contributed by atoms with Crippen molar-refractivity contribution in [2.45, 2.75) is 13.5 Å². The van der Waals surface area contributed by atoms with Gasteiger partial charge in [-0.25, -0.2) is 14.0 Å². The van der Waals surface area contributed by atoms with Crippen molar-refractivity contribution >= 4 is 24.0 Å². The minimum Gasteiger partial charge on any atom is -0.465 e. The van der Waals surface area contributed by atoms with Crippen molar-refractivity contribution in [2.75, 3.05) is 7.11 Å². The zero-order valence-corrected chi connectivity index (χ0v) is 17.3. The second kappa shape index (κ2) is 8.50. The summed E-state index contributed by atoms with van der Waals surface area (Å²) in [6.07, 6.45) is 1.44. The van der Waals surface area contributed by atoms with Gasteiger partial charge in [0.05, 0.1) is 19.2 Å². The average molecular weight is 434 g/mol. The van der Waals surface area contributed by atoms with Gasteiger partial charge in [0, 0.05) is 11.6 Å². The van der Waals surface area contributed by atoms with E-state index in [4.69, 9.17) is 9.15 Å². The lowest BCUT2D eigenvalue weighted by Gasteiger charge is -2.11. The number of esters is 1. The highest BCUT2D eigenvalue weighted by Gasteiger charge is 2.33. The number of urea groups is 1. The molecular formula is C24H19FN2O5. The van der Waals surface area contributed by atoms with Crippen molar-refractivity contribution < 1.29 is 27.9 Å². The Balaban J connectivity index is 1.56. The zero-order chi connectivity index (χ0) is 22.8. The van der Waals surface area contributed by atoms with E-state index >= 15 is 0 Å². The summed E-state index contributed by atoms with van der Waals surface area (Å²) in [7, 11) is 1.32. The molecule has 0 aliphatic carbocycles. The number of ether oxygens (including phenoxy) is 1.